The highest BCUT2D eigenvalue weighted by Crippen LogP contribution is 2.29. The van der Waals surface area contributed by atoms with Gasteiger partial charge in [-0.05, 0) is 35.3 Å². The molecule has 3 nitrogen and oxygen atoms in total. The quantitative estimate of drug-likeness (QED) is 0.675. The minimum atomic E-state index is 0.376. The molecular weight excluding hydrogens is 256 g/mol. The molecule has 1 aromatic carbocycles. The van der Waals surface area contributed by atoms with Crippen molar-refractivity contribution in [2.24, 2.45) is 0 Å². The zero-order valence-corrected chi connectivity index (χ0v) is 11.9. The Labute approximate surface area is 117 Å². The second-order valence-corrected chi connectivity index (χ2v) is 5.98. The van der Waals surface area contributed by atoms with Crippen LogP contribution in [0.4, 0.5) is 0 Å². The van der Waals surface area contributed by atoms with Crippen molar-refractivity contribution in [1.29, 1.82) is 0 Å². The summed E-state index contributed by atoms with van der Waals surface area (Å²) in [6, 6.07) is 10.1. The number of hydrogen-bond acceptors (Lipinski definition) is 3. The summed E-state index contributed by atoms with van der Waals surface area (Å²) in [6.45, 7) is 4.16. The van der Waals surface area contributed by atoms with Crippen LogP contribution in [-0.4, -0.2) is 15.8 Å². The number of aromatic nitrogens is 2. The van der Waals surface area contributed by atoms with E-state index in [-0.39, 0.29) is 0 Å². The Morgan fingerprint density at radius 2 is 2.16 bits per heavy atom. The molecule has 0 aliphatic carbocycles. The molecule has 0 radical (unpaired) electrons. The number of aromatic hydroxyl groups is 1. The van der Waals surface area contributed by atoms with Crippen LogP contribution in [0.2, 0.25) is 0 Å². The average Bonchev–Trinajstić information content (AvgIpc) is 2.75. The third kappa shape index (κ3) is 2.32. The lowest BCUT2D eigenvalue weighted by Crippen LogP contribution is -2.43. The molecule has 1 N–H and O–H groups in total. The normalized spacial score (nSPS) is 17.5. The Morgan fingerprint density at radius 1 is 1.37 bits per heavy atom. The van der Waals surface area contributed by atoms with Gasteiger partial charge in [-0.2, -0.15) is 0 Å². The molecule has 2 heterocycles. The monoisotopic (exact) mass is 273 g/mol. The number of aryl methyl sites for hydroxylation is 2. The zero-order chi connectivity index (χ0) is 13.4. The van der Waals surface area contributed by atoms with Gasteiger partial charge in [0.15, 0.2) is 5.69 Å². The van der Waals surface area contributed by atoms with Crippen LogP contribution in [0.15, 0.2) is 35.5 Å². The summed E-state index contributed by atoms with van der Waals surface area (Å²) >= 11 is 1.80. The van der Waals surface area contributed by atoms with Crippen LogP contribution in [0.5, 0.6) is 5.75 Å². The first-order valence-electron chi connectivity index (χ1n) is 6.44. The molecule has 1 atom stereocenters. The van der Waals surface area contributed by atoms with Gasteiger partial charge in [0.2, 0.25) is 0 Å². The summed E-state index contributed by atoms with van der Waals surface area (Å²) in [4.78, 5) is 4.59. The number of nitrogens with zero attached hydrogens (tertiary/aromatic N) is 2. The maximum Gasteiger partial charge on any atom is 0.359 e. The molecule has 0 saturated carbocycles. The van der Waals surface area contributed by atoms with Gasteiger partial charge < -0.3 is 5.11 Å². The molecule has 1 aromatic heterocycles. The number of hydrogen-bond donors (Lipinski definition) is 1. The second-order valence-electron chi connectivity index (χ2n) is 4.99. The highest BCUT2D eigenvalue weighted by Gasteiger charge is 2.33. The molecule has 0 saturated heterocycles. The van der Waals surface area contributed by atoms with Crippen molar-refractivity contribution in [3.8, 4) is 5.75 Å². The molecule has 98 valence electrons. The Kier molecular flexibility index (Phi) is 3.19. The molecule has 1 aliphatic rings. The fourth-order valence-electron chi connectivity index (χ4n) is 2.64. The van der Waals surface area contributed by atoms with Crippen LogP contribution < -0.4 is 4.57 Å². The van der Waals surface area contributed by atoms with Crippen LogP contribution in [0.3, 0.4) is 0 Å². The van der Waals surface area contributed by atoms with Crippen molar-refractivity contribution < 1.29 is 9.67 Å². The lowest BCUT2D eigenvalue weighted by Gasteiger charge is -2.12. The van der Waals surface area contributed by atoms with Crippen molar-refractivity contribution in [2.45, 2.75) is 31.5 Å². The van der Waals surface area contributed by atoms with Gasteiger partial charge in [0.05, 0.1) is 0 Å². The standard InChI is InChI=1S/C15H16N2OS/c1-10-7-11(2)17-13(9-19-15(17)16-10)8-12-5-3-4-6-14(12)18/h3-7,13H,8-9H2,1-2H3/p+1. The average molecular weight is 273 g/mol. The smallest absolute Gasteiger partial charge is 0.359 e. The molecule has 0 amide bonds. The van der Waals surface area contributed by atoms with Crippen molar-refractivity contribution >= 4 is 11.8 Å². The van der Waals surface area contributed by atoms with Gasteiger partial charge in [-0.25, -0.2) is 4.57 Å². The maximum absolute atomic E-state index is 9.90. The molecule has 1 unspecified atom stereocenters. The van der Waals surface area contributed by atoms with E-state index in [9.17, 15) is 5.11 Å². The van der Waals surface area contributed by atoms with Crippen LogP contribution in [0.25, 0.3) is 0 Å². The Morgan fingerprint density at radius 3 is 2.95 bits per heavy atom. The van der Waals surface area contributed by atoms with Crippen LogP contribution in [0, 0.1) is 13.8 Å². The van der Waals surface area contributed by atoms with Crippen molar-refractivity contribution in [1.82, 2.24) is 4.98 Å². The Hall–Kier alpha value is -1.55. The molecule has 3 rings (SSSR count). The van der Waals surface area contributed by atoms with Gasteiger partial charge in [0, 0.05) is 25.2 Å². The summed E-state index contributed by atoms with van der Waals surface area (Å²) in [7, 11) is 0. The van der Waals surface area contributed by atoms with E-state index in [0.717, 1.165) is 28.6 Å². The van der Waals surface area contributed by atoms with Crippen molar-refractivity contribution in [2.75, 3.05) is 5.75 Å². The van der Waals surface area contributed by atoms with Crippen LogP contribution >= 0.6 is 11.8 Å². The van der Waals surface area contributed by atoms with Crippen molar-refractivity contribution in [3.05, 3.63) is 47.3 Å². The predicted octanol–water partition coefficient (Wildman–Crippen LogP) is 2.58. The lowest BCUT2D eigenvalue weighted by molar-refractivity contribution is -0.756. The minimum Gasteiger partial charge on any atom is -0.508 e. The number of rotatable bonds is 2. The molecule has 19 heavy (non-hydrogen) atoms. The number of phenols is 1. The summed E-state index contributed by atoms with van der Waals surface area (Å²) in [5.74, 6) is 1.41. The molecule has 2 aromatic rings. The van der Waals surface area contributed by atoms with E-state index in [1.807, 2.05) is 25.1 Å². The van der Waals surface area contributed by atoms with E-state index < -0.39 is 0 Å². The number of thioether (sulfide) groups is 1. The maximum atomic E-state index is 9.90. The van der Waals surface area contributed by atoms with E-state index in [0.29, 0.717) is 11.8 Å². The highest BCUT2D eigenvalue weighted by atomic mass is 32.2. The van der Waals surface area contributed by atoms with Crippen LogP contribution in [0.1, 0.15) is 23.0 Å². The number of para-hydroxylation sites is 1. The van der Waals surface area contributed by atoms with Gasteiger partial charge in [-0.15, -0.1) is 0 Å². The Balaban J connectivity index is 1.93. The lowest BCUT2D eigenvalue weighted by atomic mass is 10.1. The third-order valence-electron chi connectivity index (χ3n) is 3.49. The van der Waals surface area contributed by atoms with E-state index in [2.05, 4.69) is 22.5 Å². The summed E-state index contributed by atoms with van der Waals surface area (Å²) in [5, 5.41) is 11.0. The van der Waals surface area contributed by atoms with Gasteiger partial charge in [-0.3, -0.25) is 0 Å². The van der Waals surface area contributed by atoms with Gasteiger partial charge >= 0.3 is 5.16 Å². The Bertz CT molecular complexity index is 628. The van der Waals surface area contributed by atoms with E-state index in [4.69, 9.17) is 0 Å². The third-order valence-corrected chi connectivity index (χ3v) is 4.59. The fourth-order valence-corrected chi connectivity index (χ4v) is 3.89. The topological polar surface area (TPSA) is 37.0 Å². The summed E-state index contributed by atoms with van der Waals surface area (Å²) < 4.78 is 2.30. The van der Waals surface area contributed by atoms with E-state index >= 15 is 0 Å². The fraction of sp³-hybridized carbons (Fsp3) is 0.333. The van der Waals surface area contributed by atoms with Crippen molar-refractivity contribution in [3.63, 3.8) is 0 Å². The SMILES string of the molecule is Cc1cc(C)[n+]2c(n1)SCC2Cc1ccccc1O. The van der Waals surface area contributed by atoms with E-state index in [1.165, 1.54) is 5.69 Å². The molecular formula is C15H17N2OS+. The summed E-state index contributed by atoms with van der Waals surface area (Å²) in [6.07, 6.45) is 0.850. The van der Waals surface area contributed by atoms with Crippen LogP contribution in [-0.2, 0) is 6.42 Å². The first-order chi connectivity index (χ1) is 9.15. The summed E-state index contributed by atoms with van der Waals surface area (Å²) in [5.41, 5.74) is 3.32. The largest absolute Gasteiger partial charge is 0.508 e. The molecule has 4 heteroatoms. The van der Waals surface area contributed by atoms with E-state index in [1.54, 1.807) is 17.8 Å². The number of phenolic OH excluding ortho intramolecular Hbond substituents is 1. The molecule has 1 aliphatic heterocycles. The van der Waals surface area contributed by atoms with Gasteiger partial charge in [0.25, 0.3) is 0 Å². The first kappa shape index (κ1) is 12.5. The molecule has 0 fully saturated rings. The second kappa shape index (κ2) is 4.85. The van der Waals surface area contributed by atoms with Gasteiger partial charge in [0.1, 0.15) is 17.5 Å². The predicted molar refractivity (Wildman–Crippen MR) is 75.5 cm³/mol. The molecule has 0 bridgehead atoms. The minimum absolute atomic E-state index is 0.376. The van der Waals surface area contributed by atoms with Gasteiger partial charge in [-0.1, -0.05) is 18.2 Å². The number of fused-ring (bicyclic) bond motifs is 1. The first-order valence-corrected chi connectivity index (χ1v) is 7.43. The molecule has 0 spiro atoms. The number of benzene rings is 1. The highest BCUT2D eigenvalue weighted by molar-refractivity contribution is 7.99. The zero-order valence-electron chi connectivity index (χ0n) is 11.1.